The minimum absolute atomic E-state index is 0.163. The standard InChI is InChI=1S/C23H40O/c1-15-6-7-18-14-20-16(2)10-13-23(24,17-8-9-17)22(20,5)12-11-19(15)21(18,3)4/h15-20,24H,6-14H2,1-5H3/t15-,16-,18+,19+,20-,22+,23?/m1/s1. The van der Waals surface area contributed by atoms with Crippen LogP contribution in [0.15, 0.2) is 0 Å². The molecule has 4 saturated carbocycles. The zero-order chi connectivity index (χ0) is 17.3. The number of aliphatic hydroxyl groups is 1. The highest BCUT2D eigenvalue weighted by Gasteiger charge is 2.63. The molecule has 1 heteroatoms. The lowest BCUT2D eigenvalue weighted by molar-refractivity contribution is -0.191. The van der Waals surface area contributed by atoms with E-state index < -0.39 is 0 Å². The summed E-state index contributed by atoms with van der Waals surface area (Å²) in [6.07, 6.45) is 11.7. The van der Waals surface area contributed by atoms with E-state index in [-0.39, 0.29) is 11.0 Å². The molecule has 7 atom stereocenters. The van der Waals surface area contributed by atoms with Crippen LogP contribution < -0.4 is 0 Å². The van der Waals surface area contributed by atoms with Crippen molar-refractivity contribution in [1.29, 1.82) is 0 Å². The molecular formula is C23H40O. The van der Waals surface area contributed by atoms with Crippen molar-refractivity contribution in [2.45, 2.75) is 98.0 Å². The second kappa shape index (κ2) is 5.48. The Morgan fingerprint density at radius 1 is 0.708 bits per heavy atom. The first-order valence-corrected chi connectivity index (χ1v) is 10.9. The highest BCUT2D eigenvalue weighted by atomic mass is 16.3. The molecule has 0 aromatic heterocycles. The fourth-order valence-corrected chi connectivity index (χ4v) is 7.92. The van der Waals surface area contributed by atoms with Gasteiger partial charge in [-0.05, 0) is 97.7 Å². The topological polar surface area (TPSA) is 20.2 Å². The van der Waals surface area contributed by atoms with Crippen LogP contribution in [0.4, 0.5) is 0 Å². The van der Waals surface area contributed by atoms with Gasteiger partial charge in [0.25, 0.3) is 0 Å². The van der Waals surface area contributed by atoms with Crippen molar-refractivity contribution in [3.8, 4) is 0 Å². The van der Waals surface area contributed by atoms with Gasteiger partial charge in [-0.25, -0.2) is 0 Å². The predicted octanol–water partition coefficient (Wildman–Crippen LogP) is 6.05. The first-order valence-electron chi connectivity index (χ1n) is 10.9. The van der Waals surface area contributed by atoms with Crippen LogP contribution in [-0.4, -0.2) is 10.7 Å². The summed E-state index contributed by atoms with van der Waals surface area (Å²) in [4.78, 5) is 0. The molecule has 24 heavy (non-hydrogen) atoms. The first kappa shape index (κ1) is 17.4. The van der Waals surface area contributed by atoms with E-state index in [4.69, 9.17) is 0 Å². The third-order valence-electron chi connectivity index (χ3n) is 9.91. The molecule has 138 valence electrons. The summed E-state index contributed by atoms with van der Waals surface area (Å²) in [6, 6.07) is 0. The fourth-order valence-electron chi connectivity index (χ4n) is 7.92. The van der Waals surface area contributed by atoms with Gasteiger partial charge in [0, 0.05) is 0 Å². The van der Waals surface area contributed by atoms with Gasteiger partial charge in [-0.2, -0.15) is 0 Å². The quantitative estimate of drug-likeness (QED) is 0.619. The molecule has 4 aliphatic rings. The molecule has 4 aliphatic carbocycles. The monoisotopic (exact) mass is 332 g/mol. The molecule has 0 heterocycles. The molecule has 0 spiro atoms. The lowest BCUT2D eigenvalue weighted by Gasteiger charge is -2.61. The molecule has 0 aliphatic heterocycles. The Hall–Kier alpha value is -0.0400. The Bertz CT molecular complexity index is 492. The molecule has 1 N–H and O–H groups in total. The van der Waals surface area contributed by atoms with Crippen molar-refractivity contribution in [3.05, 3.63) is 0 Å². The highest BCUT2D eigenvalue weighted by molar-refractivity contribution is 5.13. The molecule has 0 saturated heterocycles. The highest BCUT2D eigenvalue weighted by Crippen LogP contribution is 2.66. The molecule has 1 unspecified atom stereocenters. The van der Waals surface area contributed by atoms with E-state index in [1.165, 1.54) is 51.4 Å². The summed E-state index contributed by atoms with van der Waals surface area (Å²) in [5.41, 5.74) is 0.299. The van der Waals surface area contributed by atoms with Crippen molar-refractivity contribution in [1.82, 2.24) is 0 Å². The van der Waals surface area contributed by atoms with E-state index in [0.717, 1.165) is 36.0 Å². The summed E-state index contributed by atoms with van der Waals surface area (Å²) in [6.45, 7) is 12.6. The zero-order valence-electron chi connectivity index (χ0n) is 16.8. The molecule has 4 rings (SSSR count). The van der Waals surface area contributed by atoms with Crippen LogP contribution in [-0.2, 0) is 0 Å². The van der Waals surface area contributed by atoms with E-state index >= 15 is 0 Å². The Labute approximate surface area is 150 Å². The fraction of sp³-hybridized carbons (Fsp3) is 1.00. The van der Waals surface area contributed by atoms with Crippen LogP contribution in [0.5, 0.6) is 0 Å². The molecule has 0 amide bonds. The summed E-state index contributed by atoms with van der Waals surface area (Å²) in [5, 5.41) is 11.9. The maximum absolute atomic E-state index is 11.9. The van der Waals surface area contributed by atoms with Gasteiger partial charge in [0.2, 0.25) is 0 Å². The van der Waals surface area contributed by atoms with Crippen LogP contribution in [0.25, 0.3) is 0 Å². The van der Waals surface area contributed by atoms with Gasteiger partial charge in [-0.1, -0.05) is 41.0 Å². The first-order chi connectivity index (χ1) is 11.2. The number of rotatable bonds is 1. The number of fused-ring (bicyclic) bond motifs is 3. The van der Waals surface area contributed by atoms with Crippen molar-refractivity contribution < 1.29 is 5.11 Å². The lowest BCUT2D eigenvalue weighted by atomic mass is 9.45. The van der Waals surface area contributed by atoms with Gasteiger partial charge in [0.15, 0.2) is 0 Å². The lowest BCUT2D eigenvalue weighted by Crippen LogP contribution is -2.59. The Morgan fingerprint density at radius 2 is 1.33 bits per heavy atom. The molecule has 0 aromatic carbocycles. The van der Waals surface area contributed by atoms with Gasteiger partial charge in [0.05, 0.1) is 5.60 Å². The molecule has 2 bridgehead atoms. The van der Waals surface area contributed by atoms with Crippen molar-refractivity contribution in [3.63, 3.8) is 0 Å². The zero-order valence-corrected chi connectivity index (χ0v) is 16.8. The molecular weight excluding hydrogens is 292 g/mol. The summed E-state index contributed by atoms with van der Waals surface area (Å²) in [5.74, 6) is 4.73. The third kappa shape index (κ3) is 2.29. The largest absolute Gasteiger partial charge is 0.389 e. The van der Waals surface area contributed by atoms with Gasteiger partial charge in [0.1, 0.15) is 0 Å². The van der Waals surface area contributed by atoms with Crippen molar-refractivity contribution >= 4 is 0 Å². The average Bonchev–Trinajstić information content (AvgIpc) is 3.34. The van der Waals surface area contributed by atoms with Crippen LogP contribution >= 0.6 is 0 Å². The van der Waals surface area contributed by atoms with E-state index in [0.29, 0.717) is 11.3 Å². The molecule has 1 nitrogen and oxygen atoms in total. The summed E-state index contributed by atoms with van der Waals surface area (Å²) >= 11 is 0. The molecule has 0 radical (unpaired) electrons. The van der Waals surface area contributed by atoms with E-state index in [9.17, 15) is 5.11 Å². The van der Waals surface area contributed by atoms with Crippen LogP contribution in [0, 0.1) is 46.3 Å². The minimum atomic E-state index is -0.358. The normalized spacial score (nSPS) is 54.5. The van der Waals surface area contributed by atoms with Crippen LogP contribution in [0.3, 0.4) is 0 Å². The SMILES string of the molecule is C[C@@H]1CCC(O)(C2CC2)[C@@]2(C)CC[C@H]3[C@H](C)CC[C@@H](C[C@H]12)C3(C)C. The molecule has 0 aromatic rings. The average molecular weight is 333 g/mol. The van der Waals surface area contributed by atoms with E-state index in [1.807, 2.05) is 0 Å². The third-order valence-corrected chi connectivity index (χ3v) is 9.91. The van der Waals surface area contributed by atoms with E-state index in [1.54, 1.807) is 0 Å². The van der Waals surface area contributed by atoms with Crippen LogP contribution in [0.1, 0.15) is 92.4 Å². The number of hydrogen-bond donors (Lipinski definition) is 1. The summed E-state index contributed by atoms with van der Waals surface area (Å²) in [7, 11) is 0. The predicted molar refractivity (Wildman–Crippen MR) is 101 cm³/mol. The second-order valence-corrected chi connectivity index (χ2v) is 11.2. The number of hydrogen-bond acceptors (Lipinski definition) is 1. The van der Waals surface area contributed by atoms with Crippen LogP contribution in [0.2, 0.25) is 0 Å². The van der Waals surface area contributed by atoms with Gasteiger partial charge < -0.3 is 5.11 Å². The maximum atomic E-state index is 11.9. The Balaban J connectivity index is 1.72. The Morgan fingerprint density at radius 3 is 2.00 bits per heavy atom. The Kier molecular flexibility index (Phi) is 3.97. The second-order valence-electron chi connectivity index (χ2n) is 11.2. The smallest absolute Gasteiger partial charge is 0.0731 e. The molecule has 4 fully saturated rings. The van der Waals surface area contributed by atoms with E-state index in [2.05, 4.69) is 34.6 Å². The summed E-state index contributed by atoms with van der Waals surface area (Å²) < 4.78 is 0. The van der Waals surface area contributed by atoms with Crippen molar-refractivity contribution in [2.75, 3.05) is 0 Å². The van der Waals surface area contributed by atoms with Gasteiger partial charge in [-0.15, -0.1) is 0 Å². The van der Waals surface area contributed by atoms with Gasteiger partial charge >= 0.3 is 0 Å². The maximum Gasteiger partial charge on any atom is 0.0731 e. The van der Waals surface area contributed by atoms with Gasteiger partial charge in [-0.3, -0.25) is 0 Å². The minimum Gasteiger partial charge on any atom is -0.389 e. The van der Waals surface area contributed by atoms with Crippen molar-refractivity contribution in [2.24, 2.45) is 46.3 Å².